The van der Waals surface area contributed by atoms with Gasteiger partial charge in [0, 0.05) is 86.8 Å². The number of cyclic esters (lactones) is 1. The zero-order valence-corrected chi connectivity index (χ0v) is 41.8. The van der Waals surface area contributed by atoms with Crippen LogP contribution in [0.1, 0.15) is 103 Å². The summed E-state index contributed by atoms with van der Waals surface area (Å²) >= 11 is 0. The van der Waals surface area contributed by atoms with Gasteiger partial charge in [0.15, 0.2) is 0 Å². The Morgan fingerprint density at radius 2 is 1.79 bits per heavy atom. The number of aromatic nitrogens is 2. The standard InChI is InChI=1S/C54H70N8O8/c1-8-60-43-17-16-35-28-39(43)40(49(60)38-12-9-19-55-45(38)32(4)69-7)29-54(5,6)30-70-53(68)41-13-10-22-62(58-41)51(66)42(26-33-24-36(35)27-37(63)25-33)56-50(65)48(31(2)3)61-21-11-20-59(23-18-44(61)64)52(67)47-46(57-47)34-14-15-34/h9,12,16-17,19,24-25,27-28,31-32,34,41-42,46-48,57-58,63H,8,10-11,13-15,18,20-23,26,29-30H2,1-7H3,(H,56,65)/t32-,41-,42-,46?,47+,48?/m0/s1. The first-order valence-corrected chi connectivity index (χ1v) is 25.4. The van der Waals surface area contributed by atoms with Gasteiger partial charge in [-0.15, -0.1) is 0 Å². The molecule has 4 amide bonds. The van der Waals surface area contributed by atoms with Gasteiger partial charge < -0.3 is 34.3 Å². The van der Waals surface area contributed by atoms with Gasteiger partial charge in [-0.2, -0.15) is 0 Å². The van der Waals surface area contributed by atoms with Gasteiger partial charge in [-0.3, -0.25) is 39.3 Å². The van der Waals surface area contributed by atoms with Crippen molar-refractivity contribution in [2.75, 3.05) is 39.9 Å². The second-order valence-corrected chi connectivity index (χ2v) is 21.2. The highest BCUT2D eigenvalue weighted by atomic mass is 16.5. The second-order valence-electron chi connectivity index (χ2n) is 21.2. The first kappa shape index (κ1) is 49.2. The Hall–Kier alpha value is -5.84. The summed E-state index contributed by atoms with van der Waals surface area (Å²) in [5, 5.41) is 20.2. The number of rotatable bonds is 10. The number of phenols is 1. The number of methoxy groups -OCH3 is 1. The fraction of sp³-hybridized carbons (Fsp3) is 0.556. The van der Waals surface area contributed by atoms with Crippen LogP contribution in [-0.2, 0) is 52.8 Å². The van der Waals surface area contributed by atoms with Crippen molar-refractivity contribution < 1.29 is 38.6 Å². The van der Waals surface area contributed by atoms with E-state index in [4.69, 9.17) is 14.5 Å². The fourth-order valence-electron chi connectivity index (χ4n) is 11.1. The maximum atomic E-state index is 14.8. The van der Waals surface area contributed by atoms with Crippen LogP contribution in [0, 0.1) is 17.3 Å². The van der Waals surface area contributed by atoms with E-state index in [2.05, 4.69) is 59.6 Å². The number of hydrogen-bond donors (Lipinski definition) is 4. The molecule has 4 aromatic rings. The first-order chi connectivity index (χ1) is 33.5. The number of pyridine rings is 1. The van der Waals surface area contributed by atoms with E-state index in [1.165, 1.54) is 5.01 Å². The van der Waals surface area contributed by atoms with Gasteiger partial charge in [0.1, 0.15) is 29.9 Å². The highest BCUT2D eigenvalue weighted by Crippen LogP contribution is 2.43. The van der Waals surface area contributed by atoms with Crippen LogP contribution in [0.3, 0.4) is 0 Å². The van der Waals surface area contributed by atoms with Gasteiger partial charge in [-0.25, -0.2) is 5.43 Å². The molecule has 70 heavy (non-hydrogen) atoms. The number of nitrogens with zero attached hydrogens (tertiary/aromatic N) is 5. The van der Waals surface area contributed by atoms with E-state index in [1.807, 2.05) is 39.0 Å². The van der Waals surface area contributed by atoms with Gasteiger partial charge in [-0.1, -0.05) is 39.8 Å². The number of aryl methyl sites for hydroxylation is 1. The topological polar surface area (TPSA) is 198 Å². The van der Waals surface area contributed by atoms with Gasteiger partial charge in [-0.05, 0) is 123 Å². The minimum Gasteiger partial charge on any atom is -0.508 e. The van der Waals surface area contributed by atoms with Gasteiger partial charge >= 0.3 is 5.97 Å². The lowest BCUT2D eigenvalue weighted by Crippen LogP contribution is -2.62. The predicted molar refractivity (Wildman–Crippen MR) is 265 cm³/mol. The monoisotopic (exact) mass is 959 g/mol. The van der Waals surface area contributed by atoms with E-state index >= 15 is 0 Å². The quantitative estimate of drug-likeness (QED) is 0.113. The van der Waals surface area contributed by atoms with Gasteiger partial charge in [0.25, 0.3) is 5.91 Å². The Bertz CT molecular complexity index is 2660. The molecule has 2 aromatic carbocycles. The summed E-state index contributed by atoms with van der Waals surface area (Å²) in [6, 6.07) is 12.8. The van der Waals surface area contributed by atoms with E-state index in [0.717, 1.165) is 57.4 Å². The molecule has 1 aliphatic carbocycles. The zero-order valence-electron chi connectivity index (χ0n) is 41.8. The van der Waals surface area contributed by atoms with E-state index < -0.39 is 41.3 Å². The summed E-state index contributed by atoms with van der Waals surface area (Å²) in [5.41, 5.74) is 9.63. The van der Waals surface area contributed by atoms with Crippen LogP contribution in [0.25, 0.3) is 33.3 Å². The van der Waals surface area contributed by atoms with Crippen LogP contribution in [-0.4, -0.2) is 129 Å². The SMILES string of the molecule is CCn1c(-c2cccnc2[C@H](C)OC)c2c3cc(ccc31)-c1cc(O)cc(c1)C[C@H](NC(=O)C(C(C)C)N1CCCN(C(=O)[C@@H]3NC3C3CC3)CCC1=O)C(=O)N1CCC[C@H](N1)C(=O)OCC(C)(C)C2. The average molecular weight is 959 g/mol. The number of benzene rings is 2. The summed E-state index contributed by atoms with van der Waals surface area (Å²) in [5.74, 6) is -1.33. The maximum Gasteiger partial charge on any atom is 0.324 e. The van der Waals surface area contributed by atoms with Crippen LogP contribution in [0.2, 0.25) is 0 Å². The number of fused-ring (bicyclic) bond motifs is 6. The molecule has 4 N–H and O–H groups in total. The van der Waals surface area contributed by atoms with Gasteiger partial charge in [0.05, 0.1) is 24.1 Å². The number of ether oxygens (including phenoxy) is 2. The molecule has 6 atom stereocenters. The lowest BCUT2D eigenvalue weighted by Gasteiger charge is -2.38. The van der Waals surface area contributed by atoms with E-state index in [9.17, 15) is 29.1 Å². The molecule has 3 saturated heterocycles. The first-order valence-electron chi connectivity index (χ1n) is 25.4. The molecule has 6 bridgehead atoms. The number of amides is 4. The molecule has 2 aromatic heterocycles. The smallest absolute Gasteiger partial charge is 0.324 e. The largest absolute Gasteiger partial charge is 0.508 e. The minimum atomic E-state index is -1.15. The fourth-order valence-corrected chi connectivity index (χ4v) is 11.1. The Kier molecular flexibility index (Phi) is 14.1. The van der Waals surface area contributed by atoms with Crippen molar-refractivity contribution in [1.29, 1.82) is 0 Å². The summed E-state index contributed by atoms with van der Waals surface area (Å²) < 4.78 is 14.3. The van der Waals surface area contributed by atoms with Crippen LogP contribution in [0.5, 0.6) is 5.75 Å². The number of carbonyl (C=O) groups excluding carboxylic acids is 5. The molecule has 5 aliphatic rings. The summed E-state index contributed by atoms with van der Waals surface area (Å²) in [6.07, 6.45) is 5.89. The van der Waals surface area contributed by atoms with Crippen molar-refractivity contribution in [3.8, 4) is 28.1 Å². The number of esters is 1. The van der Waals surface area contributed by atoms with E-state index in [-0.39, 0.29) is 80.8 Å². The third kappa shape index (κ3) is 10.2. The Morgan fingerprint density at radius 1 is 0.986 bits per heavy atom. The normalized spacial score (nSPS) is 24.1. The number of hydrazine groups is 1. The van der Waals surface area contributed by atoms with E-state index in [0.29, 0.717) is 50.3 Å². The highest BCUT2D eigenvalue weighted by Gasteiger charge is 2.52. The van der Waals surface area contributed by atoms with Crippen LogP contribution in [0.15, 0.2) is 54.7 Å². The molecular weight excluding hydrogens is 889 g/mol. The minimum absolute atomic E-state index is 0.000463. The molecule has 9 rings (SSSR count). The molecule has 1 saturated carbocycles. The lowest BCUT2D eigenvalue weighted by atomic mass is 9.84. The number of nitrogens with one attached hydrogen (secondary N) is 3. The number of hydrogen-bond acceptors (Lipinski definition) is 11. The number of carbonyl (C=O) groups is 5. The number of phenolic OH excluding ortho intramolecular Hbond substituents is 1. The molecule has 2 unspecified atom stereocenters. The van der Waals surface area contributed by atoms with Crippen molar-refractivity contribution in [1.82, 2.24) is 40.4 Å². The predicted octanol–water partition coefficient (Wildman–Crippen LogP) is 5.68. The van der Waals surface area contributed by atoms with Crippen LogP contribution in [0.4, 0.5) is 0 Å². The van der Waals surface area contributed by atoms with Crippen molar-refractivity contribution in [2.24, 2.45) is 17.3 Å². The molecule has 16 nitrogen and oxygen atoms in total. The molecular formula is C54H70N8O8. The maximum absolute atomic E-state index is 14.8. The molecule has 0 spiro atoms. The third-order valence-corrected chi connectivity index (χ3v) is 15.0. The summed E-state index contributed by atoms with van der Waals surface area (Å²) in [7, 11) is 1.68. The average Bonchev–Trinajstić information content (AvgIpc) is 4.29. The highest BCUT2D eigenvalue weighted by molar-refractivity contribution is 5.96. The molecule has 0 radical (unpaired) electrons. The van der Waals surface area contributed by atoms with Gasteiger partial charge in [0.2, 0.25) is 17.7 Å². The molecule has 16 heteroatoms. The lowest BCUT2D eigenvalue weighted by molar-refractivity contribution is -0.155. The van der Waals surface area contributed by atoms with E-state index in [1.54, 1.807) is 35.2 Å². The number of aromatic hydroxyl groups is 1. The second kappa shape index (κ2) is 20.1. The third-order valence-electron chi connectivity index (χ3n) is 15.0. The van der Waals surface area contributed by atoms with Crippen molar-refractivity contribution >= 4 is 40.5 Å². The van der Waals surface area contributed by atoms with Crippen LogP contribution >= 0.6 is 0 Å². The summed E-state index contributed by atoms with van der Waals surface area (Å²) in [4.78, 5) is 79.2. The molecule has 374 valence electrons. The van der Waals surface area contributed by atoms with Crippen molar-refractivity contribution in [2.45, 2.75) is 136 Å². The zero-order chi connectivity index (χ0) is 49.6. The Balaban J connectivity index is 1.06. The van der Waals surface area contributed by atoms with Crippen molar-refractivity contribution in [3.63, 3.8) is 0 Å². The Morgan fingerprint density at radius 3 is 2.53 bits per heavy atom. The molecule has 6 heterocycles. The molecule has 4 aliphatic heterocycles. The van der Waals surface area contributed by atoms with Crippen LogP contribution < -0.4 is 16.1 Å². The Labute approximate surface area is 410 Å². The van der Waals surface area contributed by atoms with Crippen molar-refractivity contribution in [3.05, 3.63) is 71.5 Å². The summed E-state index contributed by atoms with van der Waals surface area (Å²) in [6.45, 7) is 14.1. The molecule has 4 fully saturated rings.